The van der Waals surface area contributed by atoms with Gasteiger partial charge in [-0.25, -0.2) is 4.79 Å². The van der Waals surface area contributed by atoms with Crippen LogP contribution >= 0.6 is 23.1 Å². The van der Waals surface area contributed by atoms with Crippen LogP contribution in [0.25, 0.3) is 0 Å². The van der Waals surface area contributed by atoms with Gasteiger partial charge in [-0.2, -0.15) is 11.8 Å². The molecule has 2 N–H and O–H groups in total. The minimum absolute atomic E-state index is 0.374. The molecule has 0 aromatic carbocycles. The van der Waals surface area contributed by atoms with Gasteiger partial charge in [0.15, 0.2) is 0 Å². The molecule has 0 aliphatic heterocycles. The van der Waals surface area contributed by atoms with E-state index in [0.717, 1.165) is 12.1 Å². The molecule has 100 valence electrons. The van der Waals surface area contributed by atoms with Gasteiger partial charge in [0.05, 0.1) is 0 Å². The Morgan fingerprint density at radius 1 is 1.56 bits per heavy atom. The third kappa shape index (κ3) is 3.08. The first-order chi connectivity index (χ1) is 8.67. The Kier molecular flexibility index (Phi) is 4.70. The van der Waals surface area contributed by atoms with Crippen LogP contribution in [0.1, 0.15) is 40.9 Å². The molecule has 1 aliphatic rings. The highest BCUT2D eigenvalue weighted by molar-refractivity contribution is 8.00. The maximum Gasteiger partial charge on any atom is 0.346 e. The molecular weight excluding hydrogens is 266 g/mol. The zero-order chi connectivity index (χ0) is 13.0. The van der Waals surface area contributed by atoms with Gasteiger partial charge in [0.2, 0.25) is 0 Å². The van der Waals surface area contributed by atoms with Crippen molar-refractivity contribution in [1.82, 2.24) is 5.32 Å². The van der Waals surface area contributed by atoms with Crippen molar-refractivity contribution in [3.05, 3.63) is 21.9 Å². The minimum Gasteiger partial charge on any atom is -0.477 e. The lowest BCUT2D eigenvalue weighted by Gasteiger charge is -2.27. The van der Waals surface area contributed by atoms with Crippen LogP contribution in [0.4, 0.5) is 0 Å². The number of rotatable bonds is 6. The molecule has 1 aromatic rings. The second-order valence-corrected chi connectivity index (χ2v) is 6.97. The fourth-order valence-corrected chi connectivity index (χ4v) is 4.26. The molecule has 0 spiro atoms. The smallest absolute Gasteiger partial charge is 0.346 e. The molecule has 18 heavy (non-hydrogen) atoms. The first-order valence-electron chi connectivity index (χ1n) is 6.22. The Balaban J connectivity index is 1.88. The minimum atomic E-state index is -0.817. The zero-order valence-electron chi connectivity index (χ0n) is 10.6. The van der Waals surface area contributed by atoms with Crippen LogP contribution in [0.15, 0.2) is 11.4 Å². The highest BCUT2D eigenvalue weighted by Gasteiger charge is 2.32. The number of carboxylic acids is 1. The lowest BCUT2D eigenvalue weighted by molar-refractivity contribution is 0.0701. The van der Waals surface area contributed by atoms with Crippen LogP contribution in [0.3, 0.4) is 0 Å². The lowest BCUT2D eigenvalue weighted by Crippen LogP contribution is -2.34. The predicted octanol–water partition coefficient (Wildman–Crippen LogP) is 3.21. The fraction of sp³-hybridized carbons (Fsp3) is 0.615. The van der Waals surface area contributed by atoms with Crippen molar-refractivity contribution in [2.45, 2.75) is 37.0 Å². The van der Waals surface area contributed by atoms with Gasteiger partial charge in [-0.1, -0.05) is 12.8 Å². The quantitative estimate of drug-likeness (QED) is 0.842. The molecule has 1 fully saturated rings. The molecule has 0 amide bonds. The fourth-order valence-electron chi connectivity index (χ4n) is 2.56. The largest absolute Gasteiger partial charge is 0.477 e. The zero-order valence-corrected chi connectivity index (χ0v) is 12.2. The Bertz CT molecular complexity index is 411. The number of hydrogen-bond donors (Lipinski definition) is 2. The summed E-state index contributed by atoms with van der Waals surface area (Å²) in [5, 5.41) is 14.3. The summed E-state index contributed by atoms with van der Waals surface area (Å²) in [7, 11) is 0. The van der Waals surface area contributed by atoms with E-state index in [1.54, 1.807) is 0 Å². The first kappa shape index (κ1) is 13.9. The Labute approximate surface area is 116 Å². The molecule has 0 unspecified atom stereocenters. The molecule has 2 rings (SSSR count). The summed E-state index contributed by atoms with van der Waals surface area (Å²) in [6.45, 7) is 1.64. The van der Waals surface area contributed by atoms with Crippen molar-refractivity contribution in [3.8, 4) is 0 Å². The molecule has 1 saturated carbocycles. The molecule has 5 heteroatoms. The van der Waals surface area contributed by atoms with Crippen molar-refractivity contribution < 1.29 is 9.90 Å². The van der Waals surface area contributed by atoms with E-state index in [2.05, 4.69) is 11.6 Å². The average Bonchev–Trinajstić information content (AvgIpc) is 2.98. The van der Waals surface area contributed by atoms with Crippen LogP contribution in [0.2, 0.25) is 0 Å². The summed E-state index contributed by atoms with van der Waals surface area (Å²) in [5.74, 6) is -0.817. The van der Waals surface area contributed by atoms with E-state index in [1.165, 1.54) is 37.0 Å². The van der Waals surface area contributed by atoms with Gasteiger partial charge < -0.3 is 10.4 Å². The van der Waals surface area contributed by atoms with Crippen LogP contribution in [0.5, 0.6) is 0 Å². The molecular formula is C13H19NO2S2. The van der Waals surface area contributed by atoms with Gasteiger partial charge in [0.25, 0.3) is 0 Å². The predicted molar refractivity (Wildman–Crippen MR) is 77.7 cm³/mol. The van der Waals surface area contributed by atoms with E-state index >= 15 is 0 Å². The molecule has 1 heterocycles. The highest BCUT2D eigenvalue weighted by Crippen LogP contribution is 2.39. The van der Waals surface area contributed by atoms with E-state index in [1.807, 2.05) is 23.2 Å². The number of hydrogen-bond acceptors (Lipinski definition) is 4. The monoisotopic (exact) mass is 285 g/mol. The Morgan fingerprint density at radius 3 is 2.89 bits per heavy atom. The van der Waals surface area contributed by atoms with Crippen LogP contribution in [-0.2, 0) is 6.54 Å². The van der Waals surface area contributed by atoms with Crippen LogP contribution < -0.4 is 5.32 Å². The number of carbonyl (C=O) groups is 1. The third-order valence-electron chi connectivity index (χ3n) is 3.65. The normalized spacial score (nSPS) is 18.1. The summed E-state index contributed by atoms with van der Waals surface area (Å²) in [5.41, 5.74) is 0.904. The molecule has 0 saturated heterocycles. The molecule has 1 aromatic heterocycles. The summed E-state index contributed by atoms with van der Waals surface area (Å²) in [6, 6.07) is 1.90. The van der Waals surface area contributed by atoms with Gasteiger partial charge in [0, 0.05) is 17.8 Å². The first-order valence-corrected chi connectivity index (χ1v) is 8.33. The number of carboxylic acid groups (broad SMARTS) is 1. The average molecular weight is 285 g/mol. The van der Waals surface area contributed by atoms with Crippen LogP contribution in [-0.4, -0.2) is 28.6 Å². The van der Waals surface area contributed by atoms with Crippen LogP contribution in [0, 0.1) is 0 Å². The van der Waals surface area contributed by atoms with E-state index in [0.29, 0.717) is 16.2 Å². The van der Waals surface area contributed by atoms with Gasteiger partial charge in [-0.3, -0.25) is 0 Å². The highest BCUT2D eigenvalue weighted by atomic mass is 32.2. The van der Waals surface area contributed by atoms with E-state index < -0.39 is 5.97 Å². The SMILES string of the molecule is CSC1(CNCc2ccsc2C(=O)O)CCCC1. The number of thioether (sulfide) groups is 1. The van der Waals surface area contributed by atoms with E-state index in [-0.39, 0.29) is 0 Å². The van der Waals surface area contributed by atoms with Crippen molar-refractivity contribution in [1.29, 1.82) is 0 Å². The molecule has 0 bridgehead atoms. The molecule has 1 aliphatic carbocycles. The Morgan fingerprint density at radius 2 is 2.28 bits per heavy atom. The number of nitrogens with one attached hydrogen (secondary N) is 1. The van der Waals surface area contributed by atoms with Crippen molar-refractivity contribution in [2.75, 3.05) is 12.8 Å². The number of aromatic carboxylic acids is 1. The Hall–Kier alpha value is -0.520. The lowest BCUT2D eigenvalue weighted by atomic mass is 10.1. The summed E-state index contributed by atoms with van der Waals surface area (Å²) in [6.07, 6.45) is 7.37. The van der Waals surface area contributed by atoms with Gasteiger partial charge in [-0.15, -0.1) is 11.3 Å². The van der Waals surface area contributed by atoms with Crippen molar-refractivity contribution in [2.24, 2.45) is 0 Å². The topological polar surface area (TPSA) is 49.3 Å². The van der Waals surface area contributed by atoms with E-state index in [9.17, 15) is 4.79 Å². The second-order valence-electron chi connectivity index (χ2n) is 4.78. The maximum atomic E-state index is 11.0. The van der Waals surface area contributed by atoms with Gasteiger partial charge in [-0.05, 0) is 36.1 Å². The van der Waals surface area contributed by atoms with Gasteiger partial charge >= 0.3 is 5.97 Å². The summed E-state index contributed by atoms with van der Waals surface area (Å²) < 4.78 is 0.374. The summed E-state index contributed by atoms with van der Waals surface area (Å²) >= 11 is 3.25. The maximum absolute atomic E-state index is 11.0. The standard InChI is InChI=1S/C13H19NO2S2/c1-17-13(5-2-3-6-13)9-14-8-10-4-7-18-11(10)12(15)16/h4,7,14H,2-3,5-6,8-9H2,1H3,(H,15,16). The molecule has 0 atom stereocenters. The van der Waals surface area contributed by atoms with Crippen molar-refractivity contribution >= 4 is 29.1 Å². The van der Waals surface area contributed by atoms with Crippen molar-refractivity contribution in [3.63, 3.8) is 0 Å². The van der Waals surface area contributed by atoms with Gasteiger partial charge in [0.1, 0.15) is 4.88 Å². The molecule has 0 radical (unpaired) electrons. The summed E-state index contributed by atoms with van der Waals surface area (Å²) in [4.78, 5) is 11.5. The molecule has 3 nitrogen and oxygen atoms in total. The second kappa shape index (κ2) is 6.08. The third-order valence-corrected chi connectivity index (χ3v) is 6.01. The van der Waals surface area contributed by atoms with E-state index in [4.69, 9.17) is 5.11 Å². The number of thiophene rings is 1.